The lowest BCUT2D eigenvalue weighted by atomic mass is 10.0. The molecule has 0 amide bonds. The highest BCUT2D eigenvalue weighted by Crippen LogP contribution is 2.25. The summed E-state index contributed by atoms with van der Waals surface area (Å²) in [6.45, 7) is 3.77. The van der Waals surface area contributed by atoms with E-state index in [1.807, 2.05) is 12.1 Å². The Morgan fingerprint density at radius 3 is 2.68 bits per heavy atom. The number of halogens is 1. The number of hydrogen-bond acceptors (Lipinski definition) is 6. The fraction of sp³-hybridized carbons (Fsp3) is 0.467. The molecule has 1 fully saturated rings. The first kappa shape index (κ1) is 15.2. The summed E-state index contributed by atoms with van der Waals surface area (Å²) in [5.74, 6) is -0.147. The number of anilines is 2. The Balaban J connectivity index is 1.55. The second-order valence-electron chi connectivity index (χ2n) is 5.58. The summed E-state index contributed by atoms with van der Waals surface area (Å²) in [7, 11) is 0. The van der Waals surface area contributed by atoms with Crippen molar-refractivity contribution in [3.8, 4) is 0 Å². The van der Waals surface area contributed by atoms with E-state index in [4.69, 9.17) is 5.73 Å². The van der Waals surface area contributed by atoms with Crippen LogP contribution in [0.3, 0.4) is 0 Å². The lowest BCUT2D eigenvalue weighted by molar-refractivity contribution is 0.378. The van der Waals surface area contributed by atoms with Gasteiger partial charge in [0.2, 0.25) is 5.13 Å². The average molecular weight is 321 g/mol. The first-order valence-electron chi connectivity index (χ1n) is 7.48. The van der Waals surface area contributed by atoms with Gasteiger partial charge in [-0.15, -0.1) is 10.2 Å². The van der Waals surface area contributed by atoms with Crippen molar-refractivity contribution < 1.29 is 4.39 Å². The Bertz CT molecular complexity index is 624. The first-order chi connectivity index (χ1) is 10.6. The molecule has 1 aromatic heterocycles. The zero-order chi connectivity index (χ0) is 15.5. The quantitative estimate of drug-likeness (QED) is 0.906. The number of piperidine rings is 1. The minimum atomic E-state index is -0.147. The van der Waals surface area contributed by atoms with Gasteiger partial charge in [0.1, 0.15) is 10.8 Å². The molecule has 1 atom stereocenters. The molecule has 1 aliphatic heterocycles. The second kappa shape index (κ2) is 6.58. The van der Waals surface area contributed by atoms with Crippen LogP contribution in [0.2, 0.25) is 0 Å². The van der Waals surface area contributed by atoms with E-state index in [0.717, 1.165) is 30.9 Å². The maximum atomic E-state index is 13.8. The van der Waals surface area contributed by atoms with E-state index in [1.54, 1.807) is 6.07 Å². The Kier molecular flexibility index (Phi) is 4.54. The molecule has 0 spiro atoms. The Hall–Kier alpha value is -1.73. The lowest BCUT2D eigenvalue weighted by Crippen LogP contribution is -2.43. The number of nitrogens with two attached hydrogens (primary N) is 1. The van der Waals surface area contributed by atoms with Crippen molar-refractivity contribution in [2.45, 2.75) is 31.8 Å². The average Bonchev–Trinajstić information content (AvgIpc) is 2.95. The van der Waals surface area contributed by atoms with Crippen molar-refractivity contribution in [2.75, 3.05) is 23.7 Å². The highest BCUT2D eigenvalue weighted by atomic mass is 32.1. The maximum absolute atomic E-state index is 13.8. The summed E-state index contributed by atoms with van der Waals surface area (Å²) in [5.41, 5.74) is 6.32. The fourth-order valence-electron chi connectivity index (χ4n) is 2.84. The fourth-order valence-corrected chi connectivity index (χ4v) is 3.46. The monoisotopic (exact) mass is 321 g/mol. The molecular weight excluding hydrogens is 301 g/mol. The summed E-state index contributed by atoms with van der Waals surface area (Å²) in [6, 6.07) is 7.51. The molecule has 3 rings (SSSR count). The van der Waals surface area contributed by atoms with E-state index in [1.165, 1.54) is 17.4 Å². The van der Waals surface area contributed by atoms with E-state index in [9.17, 15) is 4.39 Å². The minimum absolute atomic E-state index is 0.139. The molecule has 7 heteroatoms. The van der Waals surface area contributed by atoms with Gasteiger partial charge in [-0.2, -0.15) is 0 Å². The van der Waals surface area contributed by atoms with Gasteiger partial charge in [0.25, 0.3) is 0 Å². The minimum Gasteiger partial charge on any atom is -0.374 e. The molecule has 3 N–H and O–H groups in total. The summed E-state index contributed by atoms with van der Waals surface area (Å²) in [5, 5.41) is 12.9. The number of nitrogens with one attached hydrogen (secondary N) is 1. The number of nitrogen functional groups attached to an aromatic ring is 1. The van der Waals surface area contributed by atoms with Crippen molar-refractivity contribution in [3.63, 3.8) is 0 Å². The zero-order valence-corrected chi connectivity index (χ0v) is 13.3. The summed E-state index contributed by atoms with van der Waals surface area (Å²) >= 11 is 1.42. The van der Waals surface area contributed by atoms with Crippen LogP contribution >= 0.6 is 11.3 Å². The van der Waals surface area contributed by atoms with Crippen LogP contribution in [-0.2, 0) is 0 Å². The molecule has 22 heavy (non-hydrogen) atoms. The van der Waals surface area contributed by atoms with Crippen molar-refractivity contribution in [1.29, 1.82) is 0 Å². The smallest absolute Gasteiger partial charge is 0.203 e. The van der Waals surface area contributed by atoms with Gasteiger partial charge < -0.3 is 16.0 Å². The number of para-hydroxylation sites is 1. The first-order valence-corrected chi connectivity index (χ1v) is 8.29. The third-order valence-corrected chi connectivity index (χ3v) is 4.94. The number of benzene rings is 1. The molecular formula is C15H20FN5S. The van der Waals surface area contributed by atoms with Crippen LogP contribution in [-0.4, -0.2) is 29.3 Å². The molecule has 1 aromatic carbocycles. The molecule has 5 nitrogen and oxygen atoms in total. The molecule has 0 bridgehead atoms. The second-order valence-corrected chi connectivity index (χ2v) is 6.62. The van der Waals surface area contributed by atoms with E-state index in [2.05, 4.69) is 27.3 Å². The van der Waals surface area contributed by atoms with E-state index in [-0.39, 0.29) is 11.9 Å². The van der Waals surface area contributed by atoms with Crippen LogP contribution < -0.4 is 16.0 Å². The molecule has 2 heterocycles. The number of hydrogen-bond donors (Lipinski definition) is 2. The third-order valence-electron chi connectivity index (χ3n) is 4.00. The highest BCUT2D eigenvalue weighted by Gasteiger charge is 2.23. The predicted molar refractivity (Wildman–Crippen MR) is 87.5 cm³/mol. The molecule has 0 unspecified atom stereocenters. The molecule has 1 saturated heterocycles. The van der Waals surface area contributed by atoms with Gasteiger partial charge in [-0.3, -0.25) is 0 Å². The largest absolute Gasteiger partial charge is 0.374 e. The van der Waals surface area contributed by atoms with E-state index in [0.29, 0.717) is 16.9 Å². The summed E-state index contributed by atoms with van der Waals surface area (Å²) < 4.78 is 13.8. The summed E-state index contributed by atoms with van der Waals surface area (Å²) in [6.07, 6.45) is 1.96. The van der Waals surface area contributed by atoms with E-state index >= 15 is 0 Å². The normalized spacial score (nSPS) is 17.6. The number of rotatable bonds is 4. The van der Waals surface area contributed by atoms with E-state index < -0.39 is 0 Å². The molecule has 0 radical (unpaired) electrons. The van der Waals surface area contributed by atoms with Gasteiger partial charge in [0, 0.05) is 19.1 Å². The van der Waals surface area contributed by atoms with Crippen molar-refractivity contribution >= 4 is 22.2 Å². The van der Waals surface area contributed by atoms with Gasteiger partial charge in [-0.1, -0.05) is 23.5 Å². The summed E-state index contributed by atoms with van der Waals surface area (Å²) in [4.78, 5) is 2.11. The van der Waals surface area contributed by atoms with Gasteiger partial charge in [0.05, 0.1) is 11.7 Å². The number of aromatic nitrogens is 2. The molecule has 0 aliphatic carbocycles. The van der Waals surface area contributed by atoms with Crippen LogP contribution in [0.5, 0.6) is 0 Å². The van der Waals surface area contributed by atoms with Crippen LogP contribution in [0.15, 0.2) is 24.3 Å². The van der Waals surface area contributed by atoms with Gasteiger partial charge >= 0.3 is 0 Å². The Morgan fingerprint density at radius 1 is 1.32 bits per heavy atom. The van der Waals surface area contributed by atoms with Crippen LogP contribution in [0.4, 0.5) is 15.2 Å². The van der Waals surface area contributed by atoms with Crippen LogP contribution in [0.1, 0.15) is 30.8 Å². The maximum Gasteiger partial charge on any atom is 0.203 e. The third kappa shape index (κ3) is 3.36. The van der Waals surface area contributed by atoms with Gasteiger partial charge in [-0.05, 0) is 31.9 Å². The molecule has 0 saturated carbocycles. The van der Waals surface area contributed by atoms with Crippen LogP contribution in [0, 0.1) is 5.82 Å². The zero-order valence-electron chi connectivity index (χ0n) is 12.5. The number of nitrogens with zero attached hydrogens (tertiary/aromatic N) is 3. The van der Waals surface area contributed by atoms with Crippen molar-refractivity contribution in [2.24, 2.45) is 0 Å². The SMILES string of the molecule is C[C@H](NC1CCN(c2ccccc2F)CC1)c1nnc(N)s1. The van der Waals surface area contributed by atoms with Crippen molar-refractivity contribution in [3.05, 3.63) is 35.1 Å². The van der Waals surface area contributed by atoms with Crippen LogP contribution in [0.25, 0.3) is 0 Å². The molecule has 1 aliphatic rings. The van der Waals surface area contributed by atoms with Gasteiger partial charge in [0.15, 0.2) is 0 Å². The van der Waals surface area contributed by atoms with Crippen molar-refractivity contribution in [1.82, 2.24) is 15.5 Å². The molecule has 118 valence electrons. The molecule has 2 aromatic rings. The standard InChI is InChI=1S/C15H20FN5S/c1-10(14-19-20-15(17)22-14)18-11-6-8-21(9-7-11)13-5-3-2-4-12(13)16/h2-5,10-11,18H,6-9H2,1H3,(H2,17,20)/t10-/m0/s1. The highest BCUT2D eigenvalue weighted by molar-refractivity contribution is 7.15. The van der Waals surface area contributed by atoms with Gasteiger partial charge in [-0.25, -0.2) is 4.39 Å². The Labute approximate surface area is 133 Å². The Morgan fingerprint density at radius 2 is 2.05 bits per heavy atom. The topological polar surface area (TPSA) is 67.1 Å². The predicted octanol–water partition coefficient (Wildman–Crippen LogP) is 2.58. The lowest BCUT2D eigenvalue weighted by Gasteiger charge is -2.35.